The molecule has 0 aliphatic rings. The van der Waals surface area contributed by atoms with Gasteiger partial charge in [-0.2, -0.15) is 5.26 Å². The Balaban J connectivity index is 4.08. The Labute approximate surface area is 97.7 Å². The molecule has 0 aliphatic carbocycles. The smallest absolute Gasteiger partial charge is 0.0911 e. The molecule has 2 heteroatoms. The highest BCUT2D eigenvalue weighted by molar-refractivity contribution is 6.22. The summed E-state index contributed by atoms with van der Waals surface area (Å²) in [5.74, 6) is 0. The van der Waals surface area contributed by atoms with Gasteiger partial charge in [-0.15, -0.1) is 18.2 Å². The maximum Gasteiger partial charge on any atom is 0.0911 e. The maximum atomic E-state index is 8.47. The van der Waals surface area contributed by atoms with E-state index in [0.717, 1.165) is 24.8 Å². The number of nitrogens with zero attached hydrogens (tertiary/aromatic N) is 1. The van der Waals surface area contributed by atoms with Crippen molar-refractivity contribution in [3.05, 3.63) is 36.0 Å². The van der Waals surface area contributed by atoms with E-state index in [1.54, 1.807) is 0 Å². The summed E-state index contributed by atoms with van der Waals surface area (Å²) in [7, 11) is 0. The second-order valence-electron chi connectivity index (χ2n) is 3.60. The monoisotopic (exact) mass is 223 g/mol. The van der Waals surface area contributed by atoms with Crippen LogP contribution < -0.4 is 0 Å². The largest absolute Gasteiger partial charge is 0.193 e. The third-order valence-electron chi connectivity index (χ3n) is 2.20. The van der Waals surface area contributed by atoms with Crippen molar-refractivity contribution in [1.29, 1.82) is 5.26 Å². The van der Waals surface area contributed by atoms with E-state index in [1.807, 2.05) is 19.1 Å². The second-order valence-corrected chi connectivity index (χ2v) is 4.13. The highest BCUT2D eigenvalue weighted by Gasteiger charge is 2.04. The van der Waals surface area contributed by atoms with Crippen LogP contribution in [0.4, 0.5) is 0 Å². The molecule has 0 rings (SSSR count). The van der Waals surface area contributed by atoms with Crippen molar-refractivity contribution in [3.8, 4) is 6.07 Å². The SMILES string of the molecule is C=CCC/C(C)=C/CC(Cl)/C(C)=C\C#N. The average Bonchev–Trinajstić information content (AvgIpc) is 2.23. The highest BCUT2D eigenvalue weighted by Crippen LogP contribution is 2.16. The molecule has 1 unspecified atom stereocenters. The molecule has 0 saturated carbocycles. The number of alkyl halides is 1. The van der Waals surface area contributed by atoms with Gasteiger partial charge in [0.05, 0.1) is 11.4 Å². The molecular weight excluding hydrogens is 206 g/mol. The van der Waals surface area contributed by atoms with Gasteiger partial charge in [0.1, 0.15) is 0 Å². The Morgan fingerprint density at radius 1 is 1.53 bits per heavy atom. The minimum absolute atomic E-state index is 0.0664. The summed E-state index contributed by atoms with van der Waals surface area (Å²) in [5.41, 5.74) is 2.25. The van der Waals surface area contributed by atoms with E-state index in [0.29, 0.717) is 0 Å². The zero-order chi connectivity index (χ0) is 11.7. The van der Waals surface area contributed by atoms with Gasteiger partial charge in [0.25, 0.3) is 0 Å². The molecule has 0 N–H and O–H groups in total. The lowest BCUT2D eigenvalue weighted by Gasteiger charge is -2.06. The summed E-state index contributed by atoms with van der Waals surface area (Å²) < 4.78 is 0. The van der Waals surface area contributed by atoms with Crippen molar-refractivity contribution >= 4 is 11.6 Å². The molecule has 82 valence electrons. The predicted octanol–water partition coefficient (Wildman–Crippen LogP) is 4.37. The lowest BCUT2D eigenvalue weighted by molar-refractivity contribution is 0.928. The molecule has 1 nitrogen and oxygen atoms in total. The minimum Gasteiger partial charge on any atom is -0.193 e. The summed E-state index contributed by atoms with van der Waals surface area (Å²) in [6, 6.07) is 1.99. The fourth-order valence-corrected chi connectivity index (χ4v) is 1.27. The van der Waals surface area contributed by atoms with Crippen LogP contribution >= 0.6 is 11.6 Å². The van der Waals surface area contributed by atoms with Crippen LogP contribution in [0.1, 0.15) is 33.1 Å². The third-order valence-corrected chi connectivity index (χ3v) is 2.72. The predicted molar refractivity (Wildman–Crippen MR) is 66.8 cm³/mol. The van der Waals surface area contributed by atoms with Crippen LogP contribution in [0.15, 0.2) is 36.0 Å². The zero-order valence-corrected chi connectivity index (χ0v) is 10.2. The van der Waals surface area contributed by atoms with E-state index in [4.69, 9.17) is 16.9 Å². The molecule has 0 spiro atoms. The van der Waals surface area contributed by atoms with Gasteiger partial charge in [-0.05, 0) is 38.7 Å². The summed E-state index contributed by atoms with van der Waals surface area (Å²) in [5, 5.41) is 8.40. The highest BCUT2D eigenvalue weighted by atomic mass is 35.5. The Hall–Kier alpha value is -1.00. The first kappa shape index (κ1) is 14.0. The maximum absolute atomic E-state index is 8.47. The average molecular weight is 224 g/mol. The molecule has 0 aromatic carbocycles. The topological polar surface area (TPSA) is 23.8 Å². The molecule has 0 aromatic rings. The fourth-order valence-electron chi connectivity index (χ4n) is 1.11. The molecule has 0 bridgehead atoms. The lowest BCUT2D eigenvalue weighted by atomic mass is 10.1. The van der Waals surface area contributed by atoms with E-state index in [2.05, 4.69) is 19.6 Å². The normalized spacial score (nSPS) is 14.5. The molecule has 0 aliphatic heterocycles. The van der Waals surface area contributed by atoms with E-state index < -0.39 is 0 Å². The minimum atomic E-state index is -0.0664. The third kappa shape index (κ3) is 6.99. The van der Waals surface area contributed by atoms with Crippen LogP contribution in [0.25, 0.3) is 0 Å². The van der Waals surface area contributed by atoms with E-state index in [1.165, 1.54) is 11.6 Å². The quantitative estimate of drug-likeness (QED) is 0.373. The summed E-state index contributed by atoms with van der Waals surface area (Å²) >= 11 is 6.10. The van der Waals surface area contributed by atoms with Crippen molar-refractivity contribution in [2.45, 2.75) is 38.5 Å². The van der Waals surface area contributed by atoms with Crippen molar-refractivity contribution < 1.29 is 0 Å². The Bertz CT molecular complexity index is 294. The number of hydrogen-bond donors (Lipinski definition) is 0. The zero-order valence-electron chi connectivity index (χ0n) is 9.46. The molecule has 15 heavy (non-hydrogen) atoms. The molecule has 0 amide bonds. The molecule has 0 saturated heterocycles. The molecule has 0 heterocycles. The number of nitriles is 1. The molecule has 0 fully saturated rings. The van der Waals surface area contributed by atoms with Gasteiger partial charge in [-0.3, -0.25) is 0 Å². The van der Waals surface area contributed by atoms with E-state index in [-0.39, 0.29) is 5.38 Å². The molecule has 0 radical (unpaired) electrons. The summed E-state index contributed by atoms with van der Waals surface area (Å²) in [4.78, 5) is 0. The van der Waals surface area contributed by atoms with E-state index in [9.17, 15) is 0 Å². The van der Waals surface area contributed by atoms with Gasteiger partial charge in [-0.25, -0.2) is 0 Å². The second kappa shape index (κ2) is 8.32. The Kier molecular flexibility index (Phi) is 7.77. The van der Waals surface area contributed by atoms with E-state index >= 15 is 0 Å². The fraction of sp³-hybridized carbons (Fsp3) is 0.462. The number of rotatable bonds is 6. The van der Waals surface area contributed by atoms with Gasteiger partial charge in [0.15, 0.2) is 0 Å². The first-order chi connectivity index (χ1) is 7.11. The van der Waals surface area contributed by atoms with Gasteiger partial charge in [0.2, 0.25) is 0 Å². The molecule has 1 atom stereocenters. The van der Waals surface area contributed by atoms with Crippen LogP contribution in [0, 0.1) is 11.3 Å². The van der Waals surface area contributed by atoms with Crippen LogP contribution in [-0.4, -0.2) is 5.38 Å². The standard InChI is InChI=1S/C13H18ClN/c1-4-5-6-11(2)7-8-13(14)12(3)9-10-15/h4,7,9,13H,1,5-6,8H2,2-3H3/b11-7+,12-9-. The summed E-state index contributed by atoms with van der Waals surface area (Å²) in [6.07, 6.45) is 8.38. The number of halogens is 1. The van der Waals surface area contributed by atoms with Gasteiger partial charge in [0, 0.05) is 6.08 Å². The van der Waals surface area contributed by atoms with Crippen molar-refractivity contribution in [1.82, 2.24) is 0 Å². The number of allylic oxidation sites excluding steroid dienone is 5. The summed E-state index contributed by atoms with van der Waals surface area (Å²) in [6.45, 7) is 7.66. The molecule has 0 aromatic heterocycles. The Morgan fingerprint density at radius 2 is 2.20 bits per heavy atom. The van der Waals surface area contributed by atoms with Crippen LogP contribution in [-0.2, 0) is 0 Å². The first-order valence-corrected chi connectivity index (χ1v) is 5.52. The van der Waals surface area contributed by atoms with Crippen LogP contribution in [0.5, 0.6) is 0 Å². The van der Waals surface area contributed by atoms with Crippen LogP contribution in [0.3, 0.4) is 0 Å². The Morgan fingerprint density at radius 3 is 2.73 bits per heavy atom. The van der Waals surface area contributed by atoms with Crippen molar-refractivity contribution in [3.63, 3.8) is 0 Å². The van der Waals surface area contributed by atoms with Gasteiger partial charge in [-0.1, -0.05) is 17.7 Å². The first-order valence-electron chi connectivity index (χ1n) is 5.08. The van der Waals surface area contributed by atoms with Crippen molar-refractivity contribution in [2.24, 2.45) is 0 Å². The van der Waals surface area contributed by atoms with Crippen molar-refractivity contribution in [2.75, 3.05) is 0 Å². The van der Waals surface area contributed by atoms with Gasteiger partial charge >= 0.3 is 0 Å². The molecular formula is C13H18ClN. The van der Waals surface area contributed by atoms with Gasteiger partial charge < -0.3 is 0 Å². The van der Waals surface area contributed by atoms with Crippen LogP contribution in [0.2, 0.25) is 0 Å². The lowest BCUT2D eigenvalue weighted by Crippen LogP contribution is -1.98. The number of hydrogen-bond acceptors (Lipinski definition) is 1.